The van der Waals surface area contributed by atoms with E-state index in [0.29, 0.717) is 17.9 Å². The van der Waals surface area contributed by atoms with Gasteiger partial charge in [-0.25, -0.2) is 19.6 Å². The standard InChI is InChI=1S/C23H20F3N5O3S/c1-2-7-27-22(34)30-19-9-15(20-29-18(12-35-20)23(24,25)26)17(10-28-19)31-11-14(21(32)33)8-13-5-3-4-6-16(13)31/h3-6,9-12H,2,7-8H2,1H3,(H,32,33)(H2,27,28,30,34). The first-order valence-electron chi connectivity index (χ1n) is 10.6. The van der Waals surface area contributed by atoms with Crippen LogP contribution in [0.5, 0.6) is 0 Å². The Morgan fingerprint density at radius 3 is 2.69 bits per heavy atom. The highest BCUT2D eigenvalue weighted by molar-refractivity contribution is 7.13. The summed E-state index contributed by atoms with van der Waals surface area (Å²) in [5, 5.41) is 15.8. The van der Waals surface area contributed by atoms with E-state index in [9.17, 15) is 27.9 Å². The van der Waals surface area contributed by atoms with Gasteiger partial charge in [-0.05, 0) is 24.1 Å². The van der Waals surface area contributed by atoms with Crippen molar-refractivity contribution in [2.24, 2.45) is 0 Å². The fourth-order valence-corrected chi connectivity index (χ4v) is 4.36. The van der Waals surface area contributed by atoms with E-state index in [-0.39, 0.29) is 28.4 Å². The largest absolute Gasteiger partial charge is 0.478 e. The van der Waals surface area contributed by atoms with Gasteiger partial charge in [0.05, 0.1) is 17.5 Å². The molecule has 1 aliphatic rings. The maximum absolute atomic E-state index is 13.3. The number of pyridine rings is 1. The van der Waals surface area contributed by atoms with Crippen LogP contribution in [0.1, 0.15) is 24.6 Å². The van der Waals surface area contributed by atoms with Gasteiger partial charge in [0.15, 0.2) is 5.69 Å². The van der Waals surface area contributed by atoms with Crippen molar-refractivity contribution in [3.63, 3.8) is 0 Å². The number of hydrogen-bond donors (Lipinski definition) is 3. The average Bonchev–Trinajstić information content (AvgIpc) is 3.33. The molecule has 8 nitrogen and oxygen atoms in total. The van der Waals surface area contributed by atoms with Crippen LogP contribution in [0.15, 0.2) is 53.7 Å². The zero-order chi connectivity index (χ0) is 25.2. The summed E-state index contributed by atoms with van der Waals surface area (Å²) in [7, 11) is 0. The van der Waals surface area contributed by atoms with E-state index in [4.69, 9.17) is 0 Å². The number of urea groups is 1. The van der Waals surface area contributed by atoms with Gasteiger partial charge in [0.25, 0.3) is 0 Å². The van der Waals surface area contributed by atoms with Crippen LogP contribution in [0.25, 0.3) is 10.6 Å². The molecular weight excluding hydrogens is 483 g/mol. The normalized spacial score (nSPS) is 13.1. The number of benzene rings is 1. The lowest BCUT2D eigenvalue weighted by atomic mass is 9.98. The third-order valence-corrected chi connectivity index (χ3v) is 6.01. The van der Waals surface area contributed by atoms with Crippen molar-refractivity contribution in [2.45, 2.75) is 25.9 Å². The molecule has 3 N–H and O–H groups in total. The topological polar surface area (TPSA) is 107 Å². The molecule has 3 heterocycles. The lowest BCUT2D eigenvalue weighted by molar-refractivity contribution is -0.140. The van der Waals surface area contributed by atoms with Crippen LogP contribution in [-0.4, -0.2) is 33.6 Å². The number of aliphatic carboxylic acids is 1. The van der Waals surface area contributed by atoms with Gasteiger partial charge in [-0.1, -0.05) is 25.1 Å². The molecule has 0 bridgehead atoms. The predicted octanol–water partition coefficient (Wildman–Crippen LogP) is 5.42. The summed E-state index contributed by atoms with van der Waals surface area (Å²) >= 11 is 0.787. The summed E-state index contributed by atoms with van der Waals surface area (Å²) < 4.78 is 39.8. The average molecular weight is 504 g/mol. The van der Waals surface area contributed by atoms with Crippen molar-refractivity contribution >= 4 is 40.5 Å². The summed E-state index contributed by atoms with van der Waals surface area (Å²) in [4.78, 5) is 33.5. The molecule has 0 spiro atoms. The van der Waals surface area contributed by atoms with Crippen molar-refractivity contribution in [3.05, 3.63) is 64.9 Å². The number of nitrogens with one attached hydrogen (secondary N) is 2. The second kappa shape index (κ2) is 9.74. The monoisotopic (exact) mass is 503 g/mol. The van der Waals surface area contributed by atoms with Crippen LogP contribution >= 0.6 is 11.3 Å². The third-order valence-electron chi connectivity index (χ3n) is 5.14. The van der Waals surface area contributed by atoms with E-state index in [1.807, 2.05) is 6.92 Å². The minimum atomic E-state index is -4.63. The molecule has 35 heavy (non-hydrogen) atoms. The quantitative estimate of drug-likeness (QED) is 0.415. The van der Waals surface area contributed by atoms with Gasteiger partial charge in [0.2, 0.25) is 0 Å². The molecule has 12 heteroatoms. The number of para-hydroxylation sites is 1. The van der Waals surface area contributed by atoms with Gasteiger partial charge >= 0.3 is 18.2 Å². The SMILES string of the molecule is CCCNC(=O)Nc1cc(-c2nc(C(F)(F)F)cs2)c(N2C=C(C(=O)O)Cc3ccccc32)cn1. The zero-order valence-electron chi connectivity index (χ0n) is 18.4. The van der Waals surface area contributed by atoms with Gasteiger partial charge < -0.3 is 15.3 Å². The van der Waals surface area contributed by atoms with Crippen LogP contribution in [0.3, 0.4) is 0 Å². The number of thiazole rings is 1. The third kappa shape index (κ3) is 5.27. The number of hydrogen-bond acceptors (Lipinski definition) is 6. The summed E-state index contributed by atoms with van der Waals surface area (Å²) in [6.07, 6.45) is -0.923. The van der Waals surface area contributed by atoms with E-state index in [0.717, 1.165) is 28.7 Å². The highest BCUT2D eigenvalue weighted by Gasteiger charge is 2.34. The van der Waals surface area contributed by atoms with Crippen LogP contribution in [0.4, 0.5) is 35.2 Å². The fraction of sp³-hybridized carbons (Fsp3) is 0.217. The minimum absolute atomic E-state index is 0.0417. The number of carbonyl (C=O) groups excluding carboxylic acids is 1. The van der Waals surface area contributed by atoms with Crippen molar-refractivity contribution < 1.29 is 27.9 Å². The summed E-state index contributed by atoms with van der Waals surface area (Å²) in [6, 6.07) is 8.03. The maximum Gasteiger partial charge on any atom is 0.434 e. The number of fused-ring (bicyclic) bond motifs is 1. The number of amides is 2. The molecular formula is C23H20F3N5O3S. The molecule has 4 rings (SSSR count). The fourth-order valence-electron chi connectivity index (χ4n) is 3.51. The van der Waals surface area contributed by atoms with E-state index in [1.54, 1.807) is 29.2 Å². The summed E-state index contributed by atoms with van der Waals surface area (Å²) in [5.74, 6) is -1.01. The molecule has 0 saturated carbocycles. The van der Waals surface area contributed by atoms with Crippen molar-refractivity contribution in [2.75, 3.05) is 16.8 Å². The van der Waals surface area contributed by atoms with Gasteiger partial charge in [0, 0.05) is 35.8 Å². The lowest BCUT2D eigenvalue weighted by Crippen LogP contribution is -2.29. The Morgan fingerprint density at radius 2 is 2.00 bits per heavy atom. The number of anilines is 3. The van der Waals surface area contributed by atoms with Crippen LogP contribution < -0.4 is 15.5 Å². The first-order chi connectivity index (χ1) is 16.7. The second-order valence-corrected chi connectivity index (χ2v) is 8.50. The molecule has 2 amide bonds. The predicted molar refractivity (Wildman–Crippen MR) is 126 cm³/mol. The molecule has 0 unspecified atom stereocenters. The van der Waals surface area contributed by atoms with E-state index in [1.165, 1.54) is 18.5 Å². The number of halogens is 3. The Morgan fingerprint density at radius 1 is 1.23 bits per heavy atom. The number of aromatic nitrogens is 2. The van der Waals surface area contributed by atoms with E-state index < -0.39 is 23.9 Å². The molecule has 182 valence electrons. The number of carboxylic acid groups (broad SMARTS) is 1. The van der Waals surface area contributed by atoms with Gasteiger partial charge in [0.1, 0.15) is 10.8 Å². The molecule has 0 atom stereocenters. The van der Waals surface area contributed by atoms with Crippen LogP contribution in [0, 0.1) is 0 Å². The Hall–Kier alpha value is -3.93. The summed E-state index contributed by atoms with van der Waals surface area (Å²) in [5.41, 5.74) is 1.02. The van der Waals surface area contributed by atoms with Gasteiger partial charge in [-0.2, -0.15) is 13.2 Å². The molecule has 1 aromatic carbocycles. The highest BCUT2D eigenvalue weighted by Crippen LogP contribution is 2.42. The van der Waals surface area contributed by atoms with Gasteiger partial charge in [-0.15, -0.1) is 11.3 Å². The second-order valence-electron chi connectivity index (χ2n) is 7.64. The van der Waals surface area contributed by atoms with Gasteiger partial charge in [-0.3, -0.25) is 5.32 Å². The lowest BCUT2D eigenvalue weighted by Gasteiger charge is -2.29. The van der Waals surface area contributed by atoms with Crippen molar-refractivity contribution in [3.8, 4) is 10.6 Å². The van der Waals surface area contributed by atoms with Crippen LogP contribution in [0.2, 0.25) is 0 Å². The molecule has 2 aromatic heterocycles. The Labute approximate surface area is 202 Å². The number of carbonyl (C=O) groups is 2. The first-order valence-corrected chi connectivity index (χ1v) is 11.4. The van der Waals surface area contributed by atoms with E-state index >= 15 is 0 Å². The minimum Gasteiger partial charge on any atom is -0.478 e. The summed E-state index contributed by atoms with van der Waals surface area (Å²) in [6.45, 7) is 2.33. The van der Waals surface area contributed by atoms with Crippen molar-refractivity contribution in [1.29, 1.82) is 0 Å². The molecule has 1 aliphatic heterocycles. The molecule has 0 radical (unpaired) electrons. The molecule has 0 saturated heterocycles. The Balaban J connectivity index is 1.84. The maximum atomic E-state index is 13.3. The first kappa shape index (κ1) is 24.2. The number of carboxylic acids is 1. The molecule has 0 aliphatic carbocycles. The van der Waals surface area contributed by atoms with Crippen molar-refractivity contribution in [1.82, 2.24) is 15.3 Å². The molecule has 0 fully saturated rings. The smallest absolute Gasteiger partial charge is 0.434 e. The highest BCUT2D eigenvalue weighted by atomic mass is 32.1. The Kier molecular flexibility index (Phi) is 6.74. The van der Waals surface area contributed by atoms with E-state index in [2.05, 4.69) is 20.6 Å². The number of nitrogens with zero attached hydrogens (tertiary/aromatic N) is 3. The zero-order valence-corrected chi connectivity index (χ0v) is 19.2. The van der Waals surface area contributed by atoms with Crippen LogP contribution in [-0.2, 0) is 17.4 Å². The number of alkyl halides is 3. The Bertz CT molecular complexity index is 1310. The molecule has 3 aromatic rings. The number of rotatable bonds is 6.